The van der Waals surface area contributed by atoms with Gasteiger partial charge in [0.1, 0.15) is 24.1 Å². The van der Waals surface area contributed by atoms with Gasteiger partial charge in [0, 0.05) is 53.7 Å². The van der Waals surface area contributed by atoms with Crippen molar-refractivity contribution in [3.05, 3.63) is 94.6 Å². The van der Waals surface area contributed by atoms with Gasteiger partial charge in [-0.3, -0.25) is 9.59 Å². The SMILES string of the molecule is CO[C@](C(=O)O[C@H](/C=C(\C)C(=O)O)C[C@@H](C)[C@H]1CC(=O)[C@@]2(C)C3=C(C(=O)[C@@H](O)[C@]12C)[C@@]1(C)CC[C@H](OC(=O)[C@@](OC)(c2ccccc2)C(F)(F)F)C(C)(C)[C@@H]1C[C@@H]3O)(c1ccccc1)C(F)(F)F. The van der Waals surface area contributed by atoms with E-state index in [1.807, 2.05) is 0 Å². The Morgan fingerprint density at radius 3 is 1.79 bits per heavy atom. The first-order chi connectivity index (χ1) is 31.4. The van der Waals surface area contributed by atoms with Gasteiger partial charge in [0.25, 0.3) is 11.2 Å². The quantitative estimate of drug-likeness (QED) is 0.0998. The van der Waals surface area contributed by atoms with Gasteiger partial charge >= 0.3 is 30.3 Å². The number of benzene rings is 2. The number of ketones is 2. The molecule has 2 fully saturated rings. The second-order valence-corrected chi connectivity index (χ2v) is 20.0. The Labute approximate surface area is 390 Å². The maximum Gasteiger partial charge on any atom is 0.432 e. The first-order valence-electron chi connectivity index (χ1n) is 22.3. The van der Waals surface area contributed by atoms with E-state index in [4.69, 9.17) is 18.9 Å². The van der Waals surface area contributed by atoms with E-state index in [-0.39, 0.29) is 42.4 Å². The van der Waals surface area contributed by atoms with E-state index in [9.17, 15) is 65.6 Å². The summed E-state index contributed by atoms with van der Waals surface area (Å²) in [6.45, 7) is 10.8. The van der Waals surface area contributed by atoms with Gasteiger partial charge in [0.2, 0.25) is 0 Å². The number of aliphatic carboxylic acids is 1. The molecule has 12 nitrogen and oxygen atoms in total. The number of hydrogen-bond acceptors (Lipinski definition) is 11. The van der Waals surface area contributed by atoms with Crippen LogP contribution in [0.15, 0.2) is 83.5 Å². The van der Waals surface area contributed by atoms with E-state index in [1.54, 1.807) is 27.7 Å². The molecule has 2 aromatic carbocycles. The van der Waals surface area contributed by atoms with Crippen molar-refractivity contribution in [1.29, 1.82) is 0 Å². The highest BCUT2D eigenvalue weighted by molar-refractivity contribution is 6.07. The zero-order valence-corrected chi connectivity index (χ0v) is 39.2. The van der Waals surface area contributed by atoms with Crippen LogP contribution in [0.25, 0.3) is 0 Å². The summed E-state index contributed by atoms with van der Waals surface area (Å²) in [5.41, 5.74) is -14.5. The fourth-order valence-corrected chi connectivity index (χ4v) is 12.6. The number of hydrogen-bond donors (Lipinski definition) is 3. The summed E-state index contributed by atoms with van der Waals surface area (Å²) in [7, 11) is 1.43. The monoisotopic (exact) mass is 964 g/mol. The fraction of sp³-hybridized carbons (Fsp3) is 0.580. The summed E-state index contributed by atoms with van der Waals surface area (Å²) in [6.07, 6.45) is -16.9. The van der Waals surface area contributed by atoms with E-state index in [2.05, 4.69) is 0 Å². The summed E-state index contributed by atoms with van der Waals surface area (Å²) >= 11 is 0. The van der Waals surface area contributed by atoms with Crippen LogP contribution in [0.4, 0.5) is 26.3 Å². The third-order valence-corrected chi connectivity index (χ3v) is 16.4. The number of aliphatic hydroxyl groups excluding tert-OH is 2. The van der Waals surface area contributed by atoms with E-state index < -0.39 is 134 Å². The predicted molar refractivity (Wildman–Crippen MR) is 230 cm³/mol. The molecule has 0 amide bonds. The predicted octanol–water partition coefficient (Wildman–Crippen LogP) is 8.12. The van der Waals surface area contributed by atoms with Crippen molar-refractivity contribution in [2.45, 2.75) is 129 Å². The van der Waals surface area contributed by atoms with Crippen LogP contribution in [0.1, 0.15) is 91.7 Å². The number of carboxylic acids is 1. The molecule has 12 atom stereocenters. The zero-order chi connectivity index (χ0) is 51.0. The largest absolute Gasteiger partial charge is 0.478 e. The number of carbonyl (C=O) groups is 5. The summed E-state index contributed by atoms with van der Waals surface area (Å²) < 4.78 is 111. The number of aliphatic hydroxyl groups is 2. The molecule has 4 aliphatic rings. The molecule has 0 bridgehead atoms. The third-order valence-electron chi connectivity index (χ3n) is 16.4. The Bertz CT molecular complexity index is 2380. The van der Waals surface area contributed by atoms with Crippen LogP contribution >= 0.6 is 0 Å². The molecule has 0 aromatic heterocycles. The van der Waals surface area contributed by atoms with E-state index in [1.165, 1.54) is 50.2 Å². The van der Waals surface area contributed by atoms with Crippen molar-refractivity contribution in [2.75, 3.05) is 14.2 Å². The Hall–Kier alpha value is -4.91. The molecular formula is C50H58F6O12. The highest BCUT2D eigenvalue weighted by Crippen LogP contribution is 2.71. The summed E-state index contributed by atoms with van der Waals surface area (Å²) in [4.78, 5) is 69.4. The van der Waals surface area contributed by atoms with Crippen LogP contribution in [0.5, 0.6) is 0 Å². The van der Waals surface area contributed by atoms with Gasteiger partial charge in [0.15, 0.2) is 5.78 Å². The second kappa shape index (κ2) is 17.8. The van der Waals surface area contributed by atoms with Crippen LogP contribution in [0, 0.1) is 39.4 Å². The number of alkyl halides is 6. The van der Waals surface area contributed by atoms with Gasteiger partial charge in [-0.05, 0) is 74.3 Å². The molecule has 0 radical (unpaired) electrons. The average molecular weight is 965 g/mol. The van der Waals surface area contributed by atoms with Crippen LogP contribution < -0.4 is 0 Å². The maximum absolute atomic E-state index is 15.0. The van der Waals surface area contributed by atoms with Crippen molar-refractivity contribution in [3.63, 3.8) is 0 Å². The lowest BCUT2D eigenvalue weighted by Crippen LogP contribution is -2.65. The summed E-state index contributed by atoms with van der Waals surface area (Å²) in [5.74, 6) is -8.99. The summed E-state index contributed by atoms with van der Waals surface area (Å²) in [5, 5.41) is 34.4. The lowest BCUT2D eigenvalue weighted by atomic mass is 9.42. The number of methoxy groups -OCH3 is 2. The molecular weight excluding hydrogens is 907 g/mol. The highest BCUT2D eigenvalue weighted by Gasteiger charge is 2.74. The Kier molecular flexibility index (Phi) is 13.7. The minimum Gasteiger partial charge on any atom is -0.478 e. The van der Waals surface area contributed by atoms with Gasteiger partial charge in [-0.15, -0.1) is 0 Å². The number of ether oxygens (including phenoxy) is 4. The van der Waals surface area contributed by atoms with E-state index in [0.29, 0.717) is 7.11 Å². The maximum atomic E-state index is 15.0. The molecule has 0 aliphatic heterocycles. The van der Waals surface area contributed by atoms with Gasteiger partial charge in [0.05, 0.1) is 11.5 Å². The molecule has 3 N–H and O–H groups in total. The van der Waals surface area contributed by atoms with Gasteiger partial charge in [-0.2, -0.15) is 26.3 Å². The standard InChI is InChI=1S/C50H58F6O12/c1-26(22-30(23-27(2)40(61)62)67-41(63)47(65-8,49(51,52)53)28-16-12-10-13-17-28)31-24-34(58)46(7)36-32(57)25-33-43(3,4)35(20-21-44(33,5)37(36)38(59)39(60)45(31,46)6)68-42(64)48(66-9,50(54,55)56)29-18-14-11-15-19-29/h10-19,23,26,30-33,35,39,57,60H,20-22,24-25H2,1-9H3,(H,61,62)/b27-23+/t26-,30+,31-,32+,33+,35+,39-,44+,45+,46+,47+,48+/m1/s1. The normalized spacial score (nSPS) is 32.1. The Balaban J connectivity index is 1.36. The molecule has 0 unspecified atom stereocenters. The zero-order valence-electron chi connectivity index (χ0n) is 39.2. The van der Waals surface area contributed by atoms with E-state index >= 15 is 0 Å². The van der Waals surface area contributed by atoms with Gasteiger partial charge < -0.3 is 34.3 Å². The minimum absolute atomic E-state index is 0.00478. The minimum atomic E-state index is -5.37. The Morgan fingerprint density at radius 1 is 0.824 bits per heavy atom. The number of esters is 2. The van der Waals surface area contributed by atoms with Crippen molar-refractivity contribution in [1.82, 2.24) is 0 Å². The number of halogens is 6. The lowest BCUT2D eigenvalue weighted by Gasteiger charge is -2.62. The van der Waals surface area contributed by atoms with Crippen LogP contribution in [-0.2, 0) is 54.1 Å². The van der Waals surface area contributed by atoms with Crippen molar-refractivity contribution in [3.8, 4) is 0 Å². The van der Waals surface area contributed by atoms with Crippen molar-refractivity contribution >= 4 is 29.5 Å². The number of carbonyl (C=O) groups excluding carboxylic acids is 4. The molecule has 372 valence electrons. The van der Waals surface area contributed by atoms with Crippen molar-refractivity contribution < 1.29 is 84.6 Å². The van der Waals surface area contributed by atoms with Gasteiger partial charge in [-0.1, -0.05) is 95.3 Å². The first kappa shape index (κ1) is 52.5. The van der Waals surface area contributed by atoms with Crippen molar-refractivity contribution in [2.24, 2.45) is 39.4 Å². The molecule has 68 heavy (non-hydrogen) atoms. The van der Waals surface area contributed by atoms with Gasteiger partial charge in [-0.25, -0.2) is 14.4 Å². The molecule has 6 rings (SSSR count). The smallest absolute Gasteiger partial charge is 0.432 e. The highest BCUT2D eigenvalue weighted by atomic mass is 19.4. The topological polar surface area (TPSA) is 183 Å². The Morgan fingerprint density at radius 2 is 1.32 bits per heavy atom. The molecule has 0 spiro atoms. The van der Waals surface area contributed by atoms with Crippen LogP contribution in [0.2, 0.25) is 0 Å². The molecule has 2 aromatic rings. The van der Waals surface area contributed by atoms with Crippen LogP contribution in [0.3, 0.4) is 0 Å². The second-order valence-electron chi connectivity index (χ2n) is 20.0. The lowest BCUT2D eigenvalue weighted by molar-refractivity contribution is -0.282. The molecule has 0 heterocycles. The average Bonchev–Trinajstić information content (AvgIpc) is 3.47. The number of rotatable bonds is 13. The fourth-order valence-electron chi connectivity index (χ4n) is 12.6. The first-order valence-corrected chi connectivity index (χ1v) is 22.3. The van der Waals surface area contributed by atoms with E-state index in [0.717, 1.165) is 44.4 Å². The molecule has 18 heteroatoms. The number of fused-ring (bicyclic) bond motifs is 4. The molecule has 4 aliphatic carbocycles. The summed E-state index contributed by atoms with van der Waals surface area (Å²) in [6, 6.07) is 12.3. The molecule has 2 saturated carbocycles. The number of carboxylic acid groups (broad SMARTS) is 1. The number of Topliss-reactive ketones (excluding diaryl/α,β-unsaturated/α-hetero) is 2. The molecule has 0 saturated heterocycles. The third kappa shape index (κ3) is 7.62. The van der Waals surface area contributed by atoms with Crippen LogP contribution in [-0.4, -0.2) is 95.8 Å².